The molecular weight excluding hydrogens is 338 g/mol. The third kappa shape index (κ3) is 6.43. The minimum Gasteiger partial charge on any atom is -0.479 e. The van der Waals surface area contributed by atoms with Gasteiger partial charge in [0, 0.05) is 18.7 Å². The Morgan fingerprint density at radius 3 is 2.38 bits per heavy atom. The molecule has 0 aliphatic rings. The predicted octanol–water partition coefficient (Wildman–Crippen LogP) is 0.745. The fraction of sp³-hybridized carbons (Fsp3) is 0.400. The first kappa shape index (κ1) is 19.7. The SMILES string of the molecule is COCC(C)(NC(=O)CNC(=O)NCc1ccc(Cl)cc1)C(=O)O. The summed E-state index contributed by atoms with van der Waals surface area (Å²) in [5.41, 5.74) is -0.717. The summed E-state index contributed by atoms with van der Waals surface area (Å²) in [6, 6.07) is 6.37. The van der Waals surface area contributed by atoms with Gasteiger partial charge in [-0.25, -0.2) is 9.59 Å². The Hall–Kier alpha value is -2.32. The maximum Gasteiger partial charge on any atom is 0.331 e. The lowest BCUT2D eigenvalue weighted by Crippen LogP contribution is -2.57. The van der Waals surface area contributed by atoms with Crippen LogP contribution in [0.1, 0.15) is 12.5 Å². The van der Waals surface area contributed by atoms with Crippen molar-refractivity contribution in [1.82, 2.24) is 16.0 Å². The number of urea groups is 1. The summed E-state index contributed by atoms with van der Waals surface area (Å²) in [4.78, 5) is 34.6. The van der Waals surface area contributed by atoms with Gasteiger partial charge in [-0.15, -0.1) is 0 Å². The summed E-state index contributed by atoms with van der Waals surface area (Å²) in [6.07, 6.45) is 0. The lowest BCUT2D eigenvalue weighted by Gasteiger charge is -2.25. The Labute approximate surface area is 144 Å². The van der Waals surface area contributed by atoms with Crippen molar-refractivity contribution in [1.29, 1.82) is 0 Å². The second-order valence-electron chi connectivity index (χ2n) is 5.28. The number of nitrogens with one attached hydrogen (secondary N) is 3. The fourth-order valence-electron chi connectivity index (χ4n) is 1.80. The molecule has 0 saturated heterocycles. The smallest absolute Gasteiger partial charge is 0.331 e. The average Bonchev–Trinajstić information content (AvgIpc) is 2.52. The van der Waals surface area contributed by atoms with E-state index in [1.807, 2.05) is 0 Å². The van der Waals surface area contributed by atoms with E-state index in [0.29, 0.717) is 5.02 Å². The van der Waals surface area contributed by atoms with Crippen LogP contribution in [0.25, 0.3) is 0 Å². The zero-order valence-corrected chi connectivity index (χ0v) is 14.1. The summed E-state index contributed by atoms with van der Waals surface area (Å²) in [5, 5.41) is 16.9. The van der Waals surface area contributed by atoms with E-state index in [1.54, 1.807) is 24.3 Å². The molecule has 24 heavy (non-hydrogen) atoms. The van der Waals surface area contributed by atoms with Crippen LogP contribution in [0.2, 0.25) is 5.02 Å². The molecule has 132 valence electrons. The molecule has 0 aromatic heterocycles. The van der Waals surface area contributed by atoms with Crippen LogP contribution in [-0.2, 0) is 20.9 Å². The molecule has 1 aromatic carbocycles. The van der Waals surface area contributed by atoms with E-state index in [-0.39, 0.29) is 19.7 Å². The molecule has 0 fully saturated rings. The van der Waals surface area contributed by atoms with Crippen LogP contribution in [0.4, 0.5) is 4.79 Å². The van der Waals surface area contributed by atoms with Crippen molar-refractivity contribution in [2.45, 2.75) is 19.0 Å². The molecule has 0 spiro atoms. The maximum atomic E-state index is 11.8. The van der Waals surface area contributed by atoms with Gasteiger partial charge in [0.25, 0.3) is 0 Å². The fourth-order valence-corrected chi connectivity index (χ4v) is 1.93. The number of carbonyl (C=O) groups excluding carboxylic acids is 2. The van der Waals surface area contributed by atoms with Crippen LogP contribution in [-0.4, -0.2) is 48.8 Å². The third-order valence-electron chi connectivity index (χ3n) is 3.10. The summed E-state index contributed by atoms with van der Waals surface area (Å²) >= 11 is 5.76. The number of rotatable bonds is 8. The molecule has 0 aliphatic heterocycles. The molecule has 9 heteroatoms. The Morgan fingerprint density at radius 1 is 1.21 bits per heavy atom. The number of carbonyl (C=O) groups is 3. The summed E-state index contributed by atoms with van der Waals surface area (Å²) in [7, 11) is 1.33. The van der Waals surface area contributed by atoms with Crippen molar-refractivity contribution in [3.05, 3.63) is 34.9 Å². The summed E-state index contributed by atoms with van der Waals surface area (Å²) in [6.45, 7) is 1.02. The first-order chi connectivity index (χ1) is 11.3. The minimum absolute atomic E-state index is 0.198. The molecule has 0 aliphatic carbocycles. The highest BCUT2D eigenvalue weighted by Crippen LogP contribution is 2.09. The summed E-state index contributed by atoms with van der Waals surface area (Å²) < 4.78 is 4.79. The molecule has 4 N–H and O–H groups in total. The van der Waals surface area contributed by atoms with Crippen LogP contribution >= 0.6 is 11.6 Å². The van der Waals surface area contributed by atoms with Crippen LogP contribution in [0.3, 0.4) is 0 Å². The van der Waals surface area contributed by atoms with Gasteiger partial charge in [-0.3, -0.25) is 4.79 Å². The van der Waals surface area contributed by atoms with E-state index in [0.717, 1.165) is 5.56 Å². The van der Waals surface area contributed by atoms with Crippen LogP contribution in [0.15, 0.2) is 24.3 Å². The quantitative estimate of drug-likeness (QED) is 0.547. The lowest BCUT2D eigenvalue weighted by molar-refractivity contribution is -0.149. The molecule has 1 unspecified atom stereocenters. The minimum atomic E-state index is -1.56. The molecule has 8 nitrogen and oxygen atoms in total. The van der Waals surface area contributed by atoms with Crippen molar-refractivity contribution in [3.63, 3.8) is 0 Å². The molecule has 1 aromatic rings. The molecule has 1 rings (SSSR count). The Kier molecular flexibility index (Phi) is 7.47. The first-order valence-electron chi connectivity index (χ1n) is 7.06. The molecule has 1 atom stereocenters. The number of ether oxygens (including phenoxy) is 1. The molecule has 0 bridgehead atoms. The topological polar surface area (TPSA) is 117 Å². The number of methoxy groups -OCH3 is 1. The first-order valence-corrected chi connectivity index (χ1v) is 7.44. The number of aliphatic carboxylic acids is 1. The highest BCUT2D eigenvalue weighted by atomic mass is 35.5. The number of carboxylic acids is 1. The number of amides is 3. The zero-order chi connectivity index (χ0) is 18.2. The summed E-state index contributed by atoms with van der Waals surface area (Å²) in [5.74, 6) is -1.87. The number of carboxylic acid groups (broad SMARTS) is 1. The molecule has 0 heterocycles. The number of hydrogen-bond donors (Lipinski definition) is 4. The predicted molar refractivity (Wildman–Crippen MR) is 87.7 cm³/mol. The van der Waals surface area contributed by atoms with Crippen molar-refractivity contribution in [2.75, 3.05) is 20.3 Å². The Morgan fingerprint density at radius 2 is 1.83 bits per heavy atom. The van der Waals surface area contributed by atoms with Crippen LogP contribution in [0, 0.1) is 0 Å². The maximum absolute atomic E-state index is 11.8. The second-order valence-corrected chi connectivity index (χ2v) is 5.72. The van der Waals surface area contributed by atoms with Gasteiger partial charge in [0.1, 0.15) is 0 Å². The van der Waals surface area contributed by atoms with E-state index in [9.17, 15) is 14.4 Å². The van der Waals surface area contributed by atoms with Gasteiger partial charge in [0.05, 0.1) is 13.2 Å². The zero-order valence-electron chi connectivity index (χ0n) is 13.4. The van der Waals surface area contributed by atoms with Crippen molar-refractivity contribution >= 4 is 29.5 Å². The second kappa shape index (κ2) is 9.09. The normalized spacial score (nSPS) is 12.8. The van der Waals surface area contributed by atoms with E-state index in [1.165, 1.54) is 14.0 Å². The average molecular weight is 358 g/mol. The molecular formula is C15H20ClN3O5. The standard InChI is InChI=1S/C15H20ClN3O5/c1-15(9-24-2,13(21)22)19-12(20)8-18-14(23)17-7-10-3-5-11(16)6-4-10/h3-6H,7-9H2,1-2H3,(H,19,20)(H,21,22)(H2,17,18,23). The Balaban J connectivity index is 2.39. The van der Waals surface area contributed by atoms with Crippen LogP contribution in [0.5, 0.6) is 0 Å². The molecule has 0 saturated carbocycles. The van der Waals surface area contributed by atoms with Crippen molar-refractivity contribution in [3.8, 4) is 0 Å². The van der Waals surface area contributed by atoms with Gasteiger partial charge in [-0.2, -0.15) is 0 Å². The van der Waals surface area contributed by atoms with Gasteiger partial charge in [0.2, 0.25) is 5.91 Å². The largest absolute Gasteiger partial charge is 0.479 e. The van der Waals surface area contributed by atoms with Gasteiger partial charge in [-0.05, 0) is 24.6 Å². The number of hydrogen-bond acceptors (Lipinski definition) is 4. The van der Waals surface area contributed by atoms with Gasteiger partial charge >= 0.3 is 12.0 Å². The van der Waals surface area contributed by atoms with Crippen molar-refractivity contribution < 1.29 is 24.2 Å². The van der Waals surface area contributed by atoms with Crippen LogP contribution < -0.4 is 16.0 Å². The number of benzene rings is 1. The van der Waals surface area contributed by atoms with E-state index in [2.05, 4.69) is 16.0 Å². The van der Waals surface area contributed by atoms with E-state index >= 15 is 0 Å². The van der Waals surface area contributed by atoms with Gasteiger partial charge in [0.15, 0.2) is 5.54 Å². The lowest BCUT2D eigenvalue weighted by atomic mass is 10.0. The Bertz CT molecular complexity index is 593. The van der Waals surface area contributed by atoms with Crippen molar-refractivity contribution in [2.24, 2.45) is 0 Å². The third-order valence-corrected chi connectivity index (χ3v) is 3.35. The highest BCUT2D eigenvalue weighted by molar-refractivity contribution is 6.30. The monoisotopic (exact) mass is 357 g/mol. The van der Waals surface area contributed by atoms with Gasteiger partial charge in [-0.1, -0.05) is 23.7 Å². The van der Waals surface area contributed by atoms with E-state index in [4.69, 9.17) is 21.4 Å². The molecule has 0 radical (unpaired) electrons. The highest BCUT2D eigenvalue weighted by Gasteiger charge is 2.34. The van der Waals surface area contributed by atoms with E-state index < -0.39 is 23.4 Å². The number of halogens is 1. The molecule has 3 amide bonds. The van der Waals surface area contributed by atoms with Gasteiger partial charge < -0.3 is 25.8 Å².